The number of carbonyl (C=O) groups is 2. The van der Waals surface area contributed by atoms with E-state index in [1.807, 2.05) is 0 Å². The Labute approximate surface area is 115 Å². The lowest BCUT2D eigenvalue weighted by Crippen LogP contribution is -2.39. The van der Waals surface area contributed by atoms with Crippen LogP contribution in [0.25, 0.3) is 0 Å². The molecule has 0 unspecified atom stereocenters. The maximum Gasteiger partial charge on any atom is 0.354 e. The molecule has 1 amide bonds. The lowest BCUT2D eigenvalue weighted by atomic mass is 10.1. The molecule has 0 saturated carbocycles. The van der Waals surface area contributed by atoms with Crippen molar-refractivity contribution in [2.45, 2.75) is 19.4 Å². The van der Waals surface area contributed by atoms with Crippen LogP contribution in [0.2, 0.25) is 0 Å². The first-order chi connectivity index (χ1) is 9.52. The summed E-state index contributed by atoms with van der Waals surface area (Å²) in [6.07, 6.45) is 0.0749. The van der Waals surface area contributed by atoms with E-state index in [1.54, 1.807) is 6.92 Å². The number of hydrogen-bond donors (Lipinski definition) is 1. The summed E-state index contributed by atoms with van der Waals surface area (Å²) in [5.74, 6) is -1.60. The maximum absolute atomic E-state index is 12.9. The van der Waals surface area contributed by atoms with Crippen molar-refractivity contribution in [2.75, 3.05) is 11.6 Å². The summed E-state index contributed by atoms with van der Waals surface area (Å²) in [6, 6.07) is 4.63. The van der Waals surface area contributed by atoms with Gasteiger partial charge in [0.1, 0.15) is 17.6 Å². The minimum Gasteiger partial charge on any atom is -0.461 e. The van der Waals surface area contributed by atoms with Crippen LogP contribution in [0.1, 0.15) is 13.3 Å². The molecule has 1 heterocycles. The minimum absolute atomic E-state index is 0.0749. The Morgan fingerprint density at radius 2 is 2.10 bits per heavy atom. The van der Waals surface area contributed by atoms with Gasteiger partial charge in [-0.1, -0.05) is 0 Å². The first-order valence-corrected chi connectivity index (χ1v) is 6.11. The molecular formula is C13H14FN3O3. The van der Waals surface area contributed by atoms with E-state index in [2.05, 4.69) is 5.10 Å². The number of carbonyl (C=O) groups excluding carboxylic acids is 2. The maximum atomic E-state index is 12.9. The van der Waals surface area contributed by atoms with E-state index in [-0.39, 0.29) is 18.7 Å². The van der Waals surface area contributed by atoms with Gasteiger partial charge in [0.15, 0.2) is 0 Å². The Hall–Kier alpha value is -2.44. The molecule has 2 rings (SSSR count). The van der Waals surface area contributed by atoms with E-state index in [4.69, 9.17) is 10.5 Å². The van der Waals surface area contributed by atoms with Crippen molar-refractivity contribution in [3.8, 4) is 0 Å². The van der Waals surface area contributed by atoms with E-state index in [9.17, 15) is 14.0 Å². The molecule has 20 heavy (non-hydrogen) atoms. The number of ether oxygens (including phenoxy) is 1. The number of hydrazone groups is 1. The number of halogens is 1. The minimum atomic E-state index is -0.778. The molecule has 0 fully saturated rings. The summed E-state index contributed by atoms with van der Waals surface area (Å²) in [6.45, 7) is 1.90. The van der Waals surface area contributed by atoms with Crippen molar-refractivity contribution in [1.29, 1.82) is 0 Å². The van der Waals surface area contributed by atoms with Gasteiger partial charge in [-0.25, -0.2) is 9.18 Å². The molecule has 1 aromatic carbocycles. The topological polar surface area (TPSA) is 85.0 Å². The molecule has 1 aliphatic heterocycles. The third-order valence-electron chi connectivity index (χ3n) is 2.84. The van der Waals surface area contributed by atoms with E-state index in [1.165, 1.54) is 29.3 Å². The Morgan fingerprint density at radius 1 is 1.45 bits per heavy atom. The van der Waals surface area contributed by atoms with E-state index in [0.29, 0.717) is 5.69 Å². The predicted octanol–water partition coefficient (Wildman–Crippen LogP) is 0.809. The van der Waals surface area contributed by atoms with Crippen LogP contribution in [0, 0.1) is 5.82 Å². The fourth-order valence-electron chi connectivity index (χ4n) is 1.90. The van der Waals surface area contributed by atoms with Crippen molar-refractivity contribution in [3.63, 3.8) is 0 Å². The highest BCUT2D eigenvalue weighted by atomic mass is 19.1. The average molecular weight is 279 g/mol. The Balaban J connectivity index is 2.29. The largest absolute Gasteiger partial charge is 0.461 e. The van der Waals surface area contributed by atoms with Gasteiger partial charge < -0.3 is 10.5 Å². The normalized spacial score (nSPS) is 17.8. The SMILES string of the molecule is CCOC(=O)C1=NN(c2ccc(F)cc2)[C@H](C(N)=O)C1. The number of nitrogens with two attached hydrogens (primary N) is 1. The fourth-order valence-corrected chi connectivity index (χ4v) is 1.90. The summed E-state index contributed by atoms with van der Waals surface area (Å²) in [7, 11) is 0. The first-order valence-electron chi connectivity index (χ1n) is 6.11. The molecule has 106 valence electrons. The first kappa shape index (κ1) is 14.0. The van der Waals surface area contributed by atoms with Gasteiger partial charge in [0.05, 0.1) is 12.3 Å². The van der Waals surface area contributed by atoms with Gasteiger partial charge in [0.25, 0.3) is 0 Å². The molecule has 0 spiro atoms. The molecule has 0 bridgehead atoms. The highest BCUT2D eigenvalue weighted by Gasteiger charge is 2.35. The van der Waals surface area contributed by atoms with Crippen LogP contribution in [0.4, 0.5) is 10.1 Å². The number of primary amides is 1. The molecule has 6 nitrogen and oxygen atoms in total. The van der Waals surface area contributed by atoms with Crippen molar-refractivity contribution in [2.24, 2.45) is 10.8 Å². The van der Waals surface area contributed by atoms with Crippen LogP contribution in [0.5, 0.6) is 0 Å². The summed E-state index contributed by atoms with van der Waals surface area (Å²) in [5.41, 5.74) is 5.92. The molecule has 7 heteroatoms. The van der Waals surface area contributed by atoms with Gasteiger partial charge >= 0.3 is 5.97 Å². The number of esters is 1. The van der Waals surface area contributed by atoms with Gasteiger partial charge in [-0.05, 0) is 31.2 Å². The van der Waals surface area contributed by atoms with Gasteiger partial charge in [-0.15, -0.1) is 0 Å². The molecule has 0 aromatic heterocycles. The predicted molar refractivity (Wildman–Crippen MR) is 70.5 cm³/mol. The number of rotatable bonds is 4. The Kier molecular flexibility index (Phi) is 3.97. The van der Waals surface area contributed by atoms with Gasteiger partial charge in [0, 0.05) is 6.42 Å². The van der Waals surface area contributed by atoms with Crippen LogP contribution in [0.3, 0.4) is 0 Å². The molecule has 2 N–H and O–H groups in total. The Morgan fingerprint density at radius 3 is 2.65 bits per heavy atom. The summed E-state index contributed by atoms with van der Waals surface area (Å²) >= 11 is 0. The van der Waals surface area contributed by atoms with E-state index < -0.39 is 23.7 Å². The molecule has 0 radical (unpaired) electrons. The second-order valence-electron chi connectivity index (χ2n) is 4.21. The molecule has 1 aromatic rings. The Bertz CT molecular complexity index is 556. The number of hydrogen-bond acceptors (Lipinski definition) is 5. The second-order valence-corrected chi connectivity index (χ2v) is 4.21. The summed E-state index contributed by atoms with van der Waals surface area (Å²) < 4.78 is 17.8. The van der Waals surface area contributed by atoms with Crippen molar-refractivity contribution < 1.29 is 18.7 Å². The van der Waals surface area contributed by atoms with Crippen LogP contribution < -0.4 is 10.7 Å². The van der Waals surface area contributed by atoms with E-state index >= 15 is 0 Å². The quantitative estimate of drug-likeness (QED) is 0.826. The third-order valence-corrected chi connectivity index (χ3v) is 2.84. The van der Waals surface area contributed by atoms with Gasteiger partial charge in [-0.2, -0.15) is 5.10 Å². The summed E-state index contributed by atoms with van der Waals surface area (Å²) in [4.78, 5) is 23.1. The molecule has 1 aliphatic rings. The van der Waals surface area contributed by atoms with Gasteiger partial charge in [-0.3, -0.25) is 9.80 Å². The molecule has 0 saturated heterocycles. The van der Waals surface area contributed by atoms with Crippen molar-refractivity contribution in [3.05, 3.63) is 30.1 Å². The smallest absolute Gasteiger partial charge is 0.354 e. The zero-order chi connectivity index (χ0) is 14.7. The van der Waals surface area contributed by atoms with Crippen LogP contribution in [-0.2, 0) is 14.3 Å². The van der Waals surface area contributed by atoms with Crippen molar-refractivity contribution >= 4 is 23.3 Å². The van der Waals surface area contributed by atoms with Crippen LogP contribution >= 0.6 is 0 Å². The van der Waals surface area contributed by atoms with Crippen LogP contribution in [0.15, 0.2) is 29.4 Å². The van der Waals surface area contributed by atoms with E-state index in [0.717, 1.165) is 0 Å². The number of benzene rings is 1. The van der Waals surface area contributed by atoms with Gasteiger partial charge in [0.2, 0.25) is 5.91 Å². The third kappa shape index (κ3) is 2.76. The zero-order valence-electron chi connectivity index (χ0n) is 10.9. The fraction of sp³-hybridized carbons (Fsp3) is 0.308. The van der Waals surface area contributed by atoms with Crippen molar-refractivity contribution in [1.82, 2.24) is 0 Å². The highest BCUT2D eigenvalue weighted by molar-refractivity contribution is 6.38. The zero-order valence-corrected chi connectivity index (χ0v) is 10.9. The summed E-state index contributed by atoms with van der Waals surface area (Å²) in [5, 5.41) is 5.37. The number of nitrogens with zero attached hydrogens (tertiary/aromatic N) is 2. The standard InChI is InChI=1S/C13H14FN3O3/c1-2-20-13(19)10-7-11(12(15)18)17(16-10)9-5-3-8(14)4-6-9/h3-6,11H,2,7H2,1H3,(H2,15,18)/t11-/m0/s1. The molecule has 0 aliphatic carbocycles. The highest BCUT2D eigenvalue weighted by Crippen LogP contribution is 2.25. The number of anilines is 1. The monoisotopic (exact) mass is 279 g/mol. The van der Waals surface area contributed by atoms with Crippen LogP contribution in [-0.4, -0.2) is 30.2 Å². The average Bonchev–Trinajstić information content (AvgIpc) is 2.85. The molecular weight excluding hydrogens is 265 g/mol. The second kappa shape index (κ2) is 5.68. The number of amides is 1. The lowest BCUT2D eigenvalue weighted by Gasteiger charge is -2.20. The lowest BCUT2D eigenvalue weighted by molar-refractivity contribution is -0.135. The molecule has 1 atom stereocenters.